The molecule has 9 nitrogen and oxygen atoms in total. The van der Waals surface area contributed by atoms with Crippen molar-refractivity contribution in [2.45, 2.75) is 25.9 Å². The number of aromatic carboxylic acids is 1. The third-order valence-electron chi connectivity index (χ3n) is 5.86. The fourth-order valence-electron chi connectivity index (χ4n) is 4.26. The van der Waals surface area contributed by atoms with Gasteiger partial charge in [0.1, 0.15) is 28.6 Å². The van der Waals surface area contributed by atoms with Crippen LogP contribution in [0.25, 0.3) is 22.3 Å². The van der Waals surface area contributed by atoms with Gasteiger partial charge in [-0.15, -0.1) is 0 Å². The minimum atomic E-state index is -1.28. The Kier molecular flexibility index (Phi) is 5.42. The van der Waals surface area contributed by atoms with Crippen LogP contribution < -0.4 is 10.9 Å². The molecule has 0 radical (unpaired) electrons. The van der Waals surface area contributed by atoms with Gasteiger partial charge < -0.3 is 10.4 Å². The molecule has 174 valence electrons. The van der Waals surface area contributed by atoms with Crippen LogP contribution in [0, 0.1) is 17.1 Å². The molecule has 11 heteroatoms. The van der Waals surface area contributed by atoms with E-state index in [1.54, 1.807) is 19.1 Å². The maximum Gasteiger partial charge on any atom is 0.356 e. The number of benzene rings is 1. The summed E-state index contributed by atoms with van der Waals surface area (Å²) in [5.41, 5.74) is 1.69. The number of hydrogen-bond acceptors (Lipinski definition) is 7. The van der Waals surface area contributed by atoms with Crippen molar-refractivity contribution in [1.29, 1.82) is 5.26 Å². The number of halogens is 2. The molecule has 4 heterocycles. The summed E-state index contributed by atoms with van der Waals surface area (Å²) < 4.78 is 16.1. The highest BCUT2D eigenvalue weighted by molar-refractivity contribution is 6.29. The van der Waals surface area contributed by atoms with E-state index in [4.69, 9.17) is 21.8 Å². The summed E-state index contributed by atoms with van der Waals surface area (Å²) in [7, 11) is 0. The maximum atomic E-state index is 14.6. The highest BCUT2D eigenvalue weighted by Crippen LogP contribution is 2.31. The molecule has 3 aromatic heterocycles. The van der Waals surface area contributed by atoms with Crippen LogP contribution in [0.2, 0.25) is 5.15 Å². The Morgan fingerprint density at radius 3 is 2.80 bits per heavy atom. The molecular weight excluding hydrogens is 475 g/mol. The third kappa shape index (κ3) is 3.86. The zero-order valence-electron chi connectivity index (χ0n) is 18.2. The van der Waals surface area contributed by atoms with Crippen LogP contribution in [0.5, 0.6) is 0 Å². The Morgan fingerprint density at radius 1 is 1.26 bits per heavy atom. The highest BCUT2D eigenvalue weighted by atomic mass is 35.5. The molecule has 0 spiro atoms. The number of fused-ring (bicyclic) bond motifs is 4. The van der Waals surface area contributed by atoms with Gasteiger partial charge in [-0.3, -0.25) is 9.36 Å². The Bertz CT molecular complexity index is 1650. The number of nitriles is 1. The summed E-state index contributed by atoms with van der Waals surface area (Å²) in [5.74, 6) is -1.53. The van der Waals surface area contributed by atoms with Crippen molar-refractivity contribution in [1.82, 2.24) is 19.5 Å². The summed E-state index contributed by atoms with van der Waals surface area (Å²) in [6.07, 6.45) is 0.437. The number of hydrogen-bond donors (Lipinski definition) is 2. The lowest BCUT2D eigenvalue weighted by atomic mass is 10.0. The van der Waals surface area contributed by atoms with Crippen LogP contribution >= 0.6 is 11.6 Å². The predicted octanol–water partition coefficient (Wildman–Crippen LogP) is 3.95. The Morgan fingerprint density at radius 2 is 2.06 bits per heavy atom. The number of aromatic nitrogens is 4. The lowest BCUT2D eigenvalue weighted by molar-refractivity contribution is 0.0691. The van der Waals surface area contributed by atoms with Crippen LogP contribution in [-0.2, 0) is 13.0 Å². The maximum absolute atomic E-state index is 14.6. The second-order valence-electron chi connectivity index (χ2n) is 8.04. The Hall–Kier alpha value is -4.36. The summed E-state index contributed by atoms with van der Waals surface area (Å²) >= 11 is 5.84. The molecule has 0 aliphatic carbocycles. The largest absolute Gasteiger partial charge is 0.476 e. The van der Waals surface area contributed by atoms with Crippen LogP contribution in [0.1, 0.15) is 40.4 Å². The smallest absolute Gasteiger partial charge is 0.356 e. The normalized spacial score (nSPS) is 13.0. The first-order valence-electron chi connectivity index (χ1n) is 10.6. The zero-order chi connectivity index (χ0) is 24.9. The SMILES string of the molecule is C[C@@H](Nc1ccc(Cl)nc1C(=O)O)c1cc(F)cc2c(=O)n3c(nc12)-c1ccc(C#N)nc1CC3. The van der Waals surface area contributed by atoms with Crippen molar-refractivity contribution >= 4 is 34.2 Å². The van der Waals surface area contributed by atoms with Crippen LogP contribution in [0.4, 0.5) is 10.1 Å². The van der Waals surface area contributed by atoms with Crippen LogP contribution in [-0.4, -0.2) is 30.6 Å². The van der Waals surface area contributed by atoms with Gasteiger partial charge in [-0.05, 0) is 43.3 Å². The lowest BCUT2D eigenvalue weighted by Gasteiger charge is -2.23. The number of nitrogens with one attached hydrogen (secondary N) is 1. The van der Waals surface area contributed by atoms with Gasteiger partial charge in [0.05, 0.1) is 28.3 Å². The van der Waals surface area contributed by atoms with Gasteiger partial charge in [-0.1, -0.05) is 11.6 Å². The first kappa shape index (κ1) is 22.4. The van der Waals surface area contributed by atoms with Crippen molar-refractivity contribution in [2.24, 2.45) is 0 Å². The van der Waals surface area contributed by atoms with E-state index in [1.807, 2.05) is 6.07 Å². The fraction of sp³-hybridized carbons (Fsp3) is 0.167. The molecule has 0 unspecified atom stereocenters. The van der Waals surface area contributed by atoms with E-state index in [2.05, 4.69) is 15.3 Å². The van der Waals surface area contributed by atoms with Crippen molar-refractivity contribution in [3.63, 3.8) is 0 Å². The lowest BCUT2D eigenvalue weighted by Crippen LogP contribution is -2.28. The average molecular weight is 491 g/mol. The number of anilines is 1. The van der Waals surface area contributed by atoms with Crippen LogP contribution in [0.3, 0.4) is 0 Å². The molecule has 0 bridgehead atoms. The van der Waals surface area contributed by atoms with Crippen molar-refractivity contribution in [3.8, 4) is 17.5 Å². The minimum absolute atomic E-state index is 0.0185. The molecule has 5 rings (SSSR count). The number of carboxylic acids is 1. The van der Waals surface area contributed by atoms with Crippen molar-refractivity contribution < 1.29 is 14.3 Å². The molecule has 4 aromatic rings. The minimum Gasteiger partial charge on any atom is -0.476 e. The van der Waals surface area contributed by atoms with Gasteiger partial charge in [0.2, 0.25) is 0 Å². The molecule has 1 aromatic carbocycles. The second-order valence-corrected chi connectivity index (χ2v) is 8.42. The van der Waals surface area contributed by atoms with Gasteiger partial charge in [0, 0.05) is 24.1 Å². The number of rotatable bonds is 4. The zero-order valence-corrected chi connectivity index (χ0v) is 19.0. The summed E-state index contributed by atoms with van der Waals surface area (Å²) in [5, 5.41) is 21.8. The summed E-state index contributed by atoms with van der Waals surface area (Å²) in [4.78, 5) is 37.9. The van der Waals surface area contributed by atoms with Gasteiger partial charge in [0.25, 0.3) is 5.56 Å². The predicted molar refractivity (Wildman–Crippen MR) is 126 cm³/mol. The van der Waals surface area contributed by atoms with Gasteiger partial charge in [-0.25, -0.2) is 24.1 Å². The molecule has 1 aliphatic rings. The van der Waals surface area contributed by atoms with Crippen LogP contribution in [0.15, 0.2) is 41.2 Å². The quantitative estimate of drug-likeness (QED) is 0.411. The summed E-state index contributed by atoms with van der Waals surface area (Å²) in [6.45, 7) is 1.99. The number of carboxylic acid groups (broad SMARTS) is 1. The molecule has 1 aliphatic heterocycles. The van der Waals surface area contributed by atoms with E-state index in [1.165, 1.54) is 22.8 Å². The molecule has 1 atom stereocenters. The molecule has 0 fully saturated rings. The van der Waals surface area contributed by atoms with Gasteiger partial charge in [0.15, 0.2) is 5.69 Å². The van der Waals surface area contributed by atoms with E-state index in [9.17, 15) is 19.1 Å². The van der Waals surface area contributed by atoms with Gasteiger partial charge in [-0.2, -0.15) is 5.26 Å². The number of aryl methyl sites for hydroxylation is 1. The number of carbonyl (C=O) groups is 1. The number of pyridine rings is 2. The topological polar surface area (TPSA) is 134 Å². The Labute approximate surface area is 202 Å². The molecule has 0 saturated carbocycles. The molecule has 2 N–H and O–H groups in total. The number of nitrogens with zero attached hydrogens (tertiary/aromatic N) is 5. The Balaban J connectivity index is 1.68. The molecule has 0 amide bonds. The molecule has 0 saturated heterocycles. The third-order valence-corrected chi connectivity index (χ3v) is 6.07. The first-order valence-corrected chi connectivity index (χ1v) is 11.0. The summed E-state index contributed by atoms with van der Waals surface area (Å²) in [6, 6.07) is 9.93. The highest BCUT2D eigenvalue weighted by Gasteiger charge is 2.25. The van der Waals surface area contributed by atoms with Gasteiger partial charge >= 0.3 is 5.97 Å². The standard InChI is InChI=1S/C24H16ClFN6O3/c1-11(28-18-4-5-19(25)30-21(18)24(34)35)15-8-12(26)9-16-20(15)31-22-14-3-2-13(10-27)29-17(14)6-7-32(22)23(16)33/h2-5,8-9,11,28H,6-7H2,1H3,(H,34,35)/t11-/m1/s1. The monoisotopic (exact) mass is 490 g/mol. The molecular formula is C24H16ClFN6O3. The van der Waals surface area contributed by atoms with Crippen molar-refractivity contribution in [3.05, 3.63) is 80.4 Å². The molecule has 35 heavy (non-hydrogen) atoms. The van der Waals surface area contributed by atoms with E-state index in [-0.39, 0.29) is 33.1 Å². The first-order chi connectivity index (χ1) is 16.8. The van der Waals surface area contributed by atoms with E-state index >= 15 is 0 Å². The van der Waals surface area contributed by atoms with E-state index in [0.29, 0.717) is 35.6 Å². The fourth-order valence-corrected chi connectivity index (χ4v) is 4.41. The average Bonchev–Trinajstić information content (AvgIpc) is 2.84. The van der Waals surface area contributed by atoms with E-state index < -0.39 is 23.4 Å². The second kappa shape index (κ2) is 8.45. The van der Waals surface area contributed by atoms with E-state index in [0.717, 1.165) is 6.07 Å². The van der Waals surface area contributed by atoms with Crippen molar-refractivity contribution in [2.75, 3.05) is 5.32 Å².